The predicted octanol–water partition coefficient (Wildman–Crippen LogP) is 1.64. The van der Waals surface area contributed by atoms with E-state index < -0.39 is 11.9 Å². The van der Waals surface area contributed by atoms with E-state index in [0.717, 1.165) is 0 Å². The topological polar surface area (TPSA) is 49.7 Å². The van der Waals surface area contributed by atoms with E-state index in [1.165, 1.54) is 19.1 Å². The van der Waals surface area contributed by atoms with Crippen molar-refractivity contribution in [2.45, 2.75) is 19.4 Å². The van der Waals surface area contributed by atoms with Crippen molar-refractivity contribution in [3.63, 3.8) is 0 Å². The van der Waals surface area contributed by atoms with Gasteiger partial charge in [-0.05, 0) is 19.1 Å². The van der Waals surface area contributed by atoms with Gasteiger partial charge in [0, 0.05) is 24.7 Å². The van der Waals surface area contributed by atoms with Gasteiger partial charge >= 0.3 is 0 Å². The quantitative estimate of drug-likeness (QED) is 0.732. The number of hydrogen-bond acceptors (Lipinski definition) is 3. The van der Waals surface area contributed by atoms with Crippen LogP contribution in [-0.2, 0) is 0 Å². The van der Waals surface area contributed by atoms with E-state index in [4.69, 9.17) is 9.84 Å². The third-order valence-corrected chi connectivity index (χ3v) is 1.99. The second-order valence-corrected chi connectivity index (χ2v) is 3.28. The maximum Gasteiger partial charge on any atom is 0.132 e. The lowest BCUT2D eigenvalue weighted by Gasteiger charge is -2.09. The van der Waals surface area contributed by atoms with E-state index in [2.05, 4.69) is 0 Å². The Balaban J connectivity index is 2.65. The zero-order chi connectivity index (χ0) is 11.3. The number of rotatable bonds is 5. The summed E-state index contributed by atoms with van der Waals surface area (Å²) in [6, 6.07) is 4.33. The van der Waals surface area contributed by atoms with E-state index in [1.807, 2.05) is 0 Å². The Kier molecular flexibility index (Phi) is 4.52. The van der Waals surface area contributed by atoms with Crippen molar-refractivity contribution in [2.24, 2.45) is 0 Å². The van der Waals surface area contributed by atoms with Gasteiger partial charge in [-0.15, -0.1) is 0 Å². The molecule has 3 nitrogen and oxygen atoms in total. The average Bonchev–Trinajstić information content (AvgIpc) is 2.17. The zero-order valence-electron chi connectivity index (χ0n) is 8.61. The summed E-state index contributed by atoms with van der Waals surface area (Å²) in [6.45, 7) is 1.91. The molecule has 0 bridgehead atoms. The molecule has 1 aromatic rings. The van der Waals surface area contributed by atoms with Gasteiger partial charge in [-0.1, -0.05) is 0 Å². The molecule has 0 amide bonds. The predicted molar refractivity (Wildman–Crippen MR) is 54.2 cm³/mol. The molecule has 0 aliphatic carbocycles. The summed E-state index contributed by atoms with van der Waals surface area (Å²) in [4.78, 5) is 0. The SMILES string of the molecule is C[C@@H](O)c1ccc(OCCCO)cc1F. The van der Waals surface area contributed by atoms with Crippen LogP contribution in [-0.4, -0.2) is 23.4 Å². The lowest BCUT2D eigenvalue weighted by molar-refractivity contribution is 0.193. The second kappa shape index (κ2) is 5.68. The summed E-state index contributed by atoms with van der Waals surface area (Å²) in [5.74, 6) is -0.0724. The highest BCUT2D eigenvalue weighted by Crippen LogP contribution is 2.21. The molecule has 1 rings (SSSR count). The molecule has 0 fully saturated rings. The maximum absolute atomic E-state index is 13.3. The van der Waals surface area contributed by atoms with Gasteiger partial charge in [0.1, 0.15) is 11.6 Å². The Morgan fingerprint density at radius 3 is 2.73 bits per heavy atom. The molecule has 0 saturated carbocycles. The largest absolute Gasteiger partial charge is 0.493 e. The Morgan fingerprint density at radius 1 is 1.47 bits per heavy atom. The Morgan fingerprint density at radius 2 is 2.20 bits per heavy atom. The van der Waals surface area contributed by atoms with Gasteiger partial charge < -0.3 is 14.9 Å². The summed E-state index contributed by atoms with van der Waals surface area (Å²) in [5.41, 5.74) is 0.254. The maximum atomic E-state index is 13.3. The minimum Gasteiger partial charge on any atom is -0.493 e. The Hall–Kier alpha value is -1.13. The van der Waals surface area contributed by atoms with Crippen LogP contribution in [0.1, 0.15) is 25.0 Å². The normalized spacial score (nSPS) is 12.5. The standard InChI is InChI=1S/C11H15FO3/c1-8(14)10-4-3-9(7-11(10)12)15-6-2-5-13/h3-4,7-8,13-14H,2,5-6H2,1H3/t8-/m1/s1. The van der Waals surface area contributed by atoms with Gasteiger partial charge in [-0.2, -0.15) is 0 Å². The van der Waals surface area contributed by atoms with Crippen molar-refractivity contribution < 1.29 is 19.3 Å². The van der Waals surface area contributed by atoms with Crippen molar-refractivity contribution in [3.05, 3.63) is 29.6 Å². The van der Waals surface area contributed by atoms with Crippen molar-refractivity contribution in [1.82, 2.24) is 0 Å². The first-order valence-electron chi connectivity index (χ1n) is 4.86. The first kappa shape index (κ1) is 11.9. The Labute approximate surface area is 88.1 Å². The van der Waals surface area contributed by atoms with E-state index in [0.29, 0.717) is 18.8 Å². The lowest BCUT2D eigenvalue weighted by Crippen LogP contribution is -2.01. The van der Waals surface area contributed by atoms with Crippen LogP contribution in [0, 0.1) is 5.82 Å². The van der Waals surface area contributed by atoms with E-state index in [9.17, 15) is 9.50 Å². The number of halogens is 1. The van der Waals surface area contributed by atoms with Crippen molar-refractivity contribution in [2.75, 3.05) is 13.2 Å². The fraction of sp³-hybridized carbons (Fsp3) is 0.455. The van der Waals surface area contributed by atoms with E-state index >= 15 is 0 Å². The molecule has 1 aromatic carbocycles. The molecular weight excluding hydrogens is 199 g/mol. The molecule has 15 heavy (non-hydrogen) atoms. The molecule has 0 aromatic heterocycles. The molecule has 4 heteroatoms. The van der Waals surface area contributed by atoms with Crippen molar-refractivity contribution in [3.8, 4) is 5.75 Å². The third kappa shape index (κ3) is 3.49. The van der Waals surface area contributed by atoms with Crippen LogP contribution in [0.25, 0.3) is 0 Å². The number of ether oxygens (including phenoxy) is 1. The van der Waals surface area contributed by atoms with E-state index in [1.54, 1.807) is 6.07 Å². The van der Waals surface area contributed by atoms with Crippen molar-refractivity contribution >= 4 is 0 Å². The van der Waals surface area contributed by atoms with Crippen LogP contribution in [0.2, 0.25) is 0 Å². The van der Waals surface area contributed by atoms with Gasteiger partial charge in [0.15, 0.2) is 0 Å². The highest BCUT2D eigenvalue weighted by atomic mass is 19.1. The van der Waals surface area contributed by atoms with Crippen LogP contribution < -0.4 is 4.74 Å². The summed E-state index contributed by atoms with van der Waals surface area (Å²) >= 11 is 0. The van der Waals surface area contributed by atoms with Crippen molar-refractivity contribution in [1.29, 1.82) is 0 Å². The van der Waals surface area contributed by atoms with Crippen LogP contribution in [0.3, 0.4) is 0 Å². The summed E-state index contributed by atoms with van der Waals surface area (Å²) in [7, 11) is 0. The zero-order valence-corrected chi connectivity index (χ0v) is 8.61. The lowest BCUT2D eigenvalue weighted by atomic mass is 10.1. The number of hydrogen-bond donors (Lipinski definition) is 2. The molecule has 0 radical (unpaired) electrons. The molecular formula is C11H15FO3. The van der Waals surface area contributed by atoms with Gasteiger partial charge in [0.25, 0.3) is 0 Å². The van der Waals surface area contributed by atoms with Crippen LogP contribution in [0.4, 0.5) is 4.39 Å². The van der Waals surface area contributed by atoms with Gasteiger partial charge in [0.2, 0.25) is 0 Å². The van der Waals surface area contributed by atoms with Crippen LogP contribution >= 0.6 is 0 Å². The van der Waals surface area contributed by atoms with Crippen LogP contribution in [0.15, 0.2) is 18.2 Å². The highest BCUT2D eigenvalue weighted by Gasteiger charge is 2.08. The fourth-order valence-electron chi connectivity index (χ4n) is 1.19. The smallest absolute Gasteiger partial charge is 0.132 e. The van der Waals surface area contributed by atoms with Crippen LogP contribution in [0.5, 0.6) is 5.75 Å². The summed E-state index contributed by atoms with van der Waals surface area (Å²) < 4.78 is 18.5. The third-order valence-electron chi connectivity index (χ3n) is 1.99. The second-order valence-electron chi connectivity index (χ2n) is 3.28. The molecule has 84 valence electrons. The molecule has 0 spiro atoms. The summed E-state index contributed by atoms with van der Waals surface area (Å²) in [5, 5.41) is 17.7. The minimum atomic E-state index is -0.823. The Bertz CT molecular complexity index is 313. The van der Waals surface area contributed by atoms with Gasteiger partial charge in [0.05, 0.1) is 12.7 Å². The average molecular weight is 214 g/mol. The van der Waals surface area contributed by atoms with Gasteiger partial charge in [-0.25, -0.2) is 4.39 Å². The summed E-state index contributed by atoms with van der Waals surface area (Å²) in [6.07, 6.45) is -0.309. The number of aliphatic hydroxyl groups is 2. The fourth-order valence-corrected chi connectivity index (χ4v) is 1.19. The number of aliphatic hydroxyl groups excluding tert-OH is 2. The van der Waals surface area contributed by atoms with Gasteiger partial charge in [-0.3, -0.25) is 0 Å². The first-order chi connectivity index (χ1) is 7.15. The highest BCUT2D eigenvalue weighted by molar-refractivity contribution is 5.29. The molecule has 1 atom stereocenters. The molecule has 2 N–H and O–H groups in total. The molecule has 0 aliphatic heterocycles. The molecule has 0 unspecified atom stereocenters. The minimum absolute atomic E-state index is 0.0498. The molecule has 0 heterocycles. The monoisotopic (exact) mass is 214 g/mol. The molecule has 0 aliphatic rings. The number of benzene rings is 1. The first-order valence-corrected chi connectivity index (χ1v) is 4.86. The molecule has 0 saturated heterocycles. The van der Waals surface area contributed by atoms with E-state index in [-0.39, 0.29) is 12.2 Å².